The van der Waals surface area contributed by atoms with Gasteiger partial charge in [0.15, 0.2) is 0 Å². The van der Waals surface area contributed by atoms with Crippen molar-refractivity contribution in [3.05, 3.63) is 180 Å². The summed E-state index contributed by atoms with van der Waals surface area (Å²) in [7, 11) is 0. The van der Waals surface area contributed by atoms with Gasteiger partial charge in [0.25, 0.3) is 0 Å². The molecular formula is C45H26O. The van der Waals surface area contributed by atoms with Gasteiger partial charge >= 0.3 is 0 Å². The zero-order valence-electron chi connectivity index (χ0n) is 24.9. The van der Waals surface area contributed by atoms with Crippen LogP contribution in [-0.2, 0) is 5.41 Å². The van der Waals surface area contributed by atoms with Crippen molar-refractivity contribution in [1.29, 1.82) is 0 Å². The van der Waals surface area contributed by atoms with Gasteiger partial charge in [-0.05, 0) is 96.1 Å². The number of hydrogen-bond acceptors (Lipinski definition) is 1. The summed E-state index contributed by atoms with van der Waals surface area (Å²) in [5.41, 5.74) is 15.0. The average Bonchev–Trinajstić information content (AvgIpc) is 3.57. The molecule has 0 N–H and O–H groups in total. The molecule has 0 saturated heterocycles. The second-order valence-electron chi connectivity index (χ2n) is 12.8. The highest BCUT2D eigenvalue weighted by Gasteiger charge is 2.51. The van der Waals surface area contributed by atoms with E-state index in [0.717, 1.165) is 22.6 Å². The fraction of sp³-hybridized carbons (Fsp3) is 0.0222. The molecule has 1 nitrogen and oxygen atoms in total. The van der Waals surface area contributed by atoms with Gasteiger partial charge in [-0.3, -0.25) is 0 Å². The molecule has 11 rings (SSSR count). The van der Waals surface area contributed by atoms with E-state index in [1.54, 1.807) is 0 Å². The lowest BCUT2D eigenvalue weighted by Gasteiger charge is -2.30. The van der Waals surface area contributed by atoms with Crippen LogP contribution < -0.4 is 4.74 Å². The van der Waals surface area contributed by atoms with Gasteiger partial charge in [-0.15, -0.1) is 0 Å². The first-order valence-corrected chi connectivity index (χ1v) is 16.0. The fourth-order valence-electron chi connectivity index (χ4n) is 8.81. The first kappa shape index (κ1) is 24.4. The second-order valence-corrected chi connectivity index (χ2v) is 12.8. The van der Waals surface area contributed by atoms with Crippen LogP contribution in [-0.4, -0.2) is 0 Å². The maximum absolute atomic E-state index is 6.75. The van der Waals surface area contributed by atoms with Crippen LogP contribution in [0.1, 0.15) is 22.3 Å². The van der Waals surface area contributed by atoms with E-state index in [-0.39, 0.29) is 5.41 Å². The Morgan fingerprint density at radius 3 is 1.72 bits per heavy atom. The van der Waals surface area contributed by atoms with Gasteiger partial charge in [-0.1, -0.05) is 133 Å². The van der Waals surface area contributed by atoms with Gasteiger partial charge in [-0.2, -0.15) is 0 Å². The zero-order chi connectivity index (χ0) is 30.0. The Morgan fingerprint density at radius 1 is 0.348 bits per heavy atom. The molecule has 8 aromatic rings. The molecule has 0 aromatic heterocycles. The molecule has 8 aromatic carbocycles. The first-order valence-electron chi connectivity index (χ1n) is 16.0. The molecule has 0 radical (unpaired) electrons. The van der Waals surface area contributed by atoms with E-state index in [1.807, 2.05) is 0 Å². The second kappa shape index (κ2) is 8.62. The van der Waals surface area contributed by atoms with E-state index >= 15 is 0 Å². The molecule has 1 atom stereocenters. The lowest BCUT2D eigenvalue weighted by atomic mass is 9.70. The van der Waals surface area contributed by atoms with E-state index in [0.29, 0.717) is 0 Å². The standard InChI is InChI=1S/C45H26O/c1-2-11-29-26-41-37(24-28(29)10-1)33-15-4-6-20-39(33)45(41)38-19-5-3-14-32(38)36-25-30(22-23-40(36)45)31-16-9-18-35-34-17-7-12-27-13-8-21-42(43(27)34)46-44(31)35/h1-26H. The fourth-order valence-corrected chi connectivity index (χ4v) is 8.81. The van der Waals surface area contributed by atoms with Crippen LogP contribution in [0.3, 0.4) is 0 Å². The topological polar surface area (TPSA) is 9.23 Å². The third kappa shape index (κ3) is 2.91. The summed E-state index contributed by atoms with van der Waals surface area (Å²) in [4.78, 5) is 0. The SMILES string of the molecule is c1ccc2c(c1)-c1cc(-c3cccc4c3Oc3cccc5cccc-4c35)ccc1C21c2ccccc2-c2cc3ccccc3cc21. The van der Waals surface area contributed by atoms with E-state index in [1.165, 1.54) is 77.2 Å². The normalized spacial score (nSPS) is 16.1. The largest absolute Gasteiger partial charge is 0.455 e. The first-order chi connectivity index (χ1) is 22.8. The summed E-state index contributed by atoms with van der Waals surface area (Å²) in [5.74, 6) is 1.85. The lowest BCUT2D eigenvalue weighted by molar-refractivity contribution is 0.489. The minimum atomic E-state index is -0.373. The van der Waals surface area contributed by atoms with Crippen LogP contribution in [0.2, 0.25) is 0 Å². The van der Waals surface area contributed by atoms with Crippen LogP contribution in [0.5, 0.6) is 11.5 Å². The molecule has 1 unspecified atom stereocenters. The van der Waals surface area contributed by atoms with Crippen LogP contribution in [0, 0.1) is 0 Å². The van der Waals surface area contributed by atoms with Crippen molar-refractivity contribution in [2.45, 2.75) is 5.41 Å². The molecule has 46 heavy (non-hydrogen) atoms. The molecule has 2 aliphatic carbocycles. The van der Waals surface area contributed by atoms with Crippen molar-refractivity contribution in [2.75, 3.05) is 0 Å². The lowest BCUT2D eigenvalue weighted by Crippen LogP contribution is -2.25. The van der Waals surface area contributed by atoms with Gasteiger partial charge in [0.2, 0.25) is 0 Å². The van der Waals surface area contributed by atoms with Crippen LogP contribution >= 0.6 is 0 Å². The summed E-state index contributed by atoms with van der Waals surface area (Å²) in [6, 6.07) is 58.2. The molecular weight excluding hydrogens is 556 g/mol. The summed E-state index contributed by atoms with van der Waals surface area (Å²) >= 11 is 0. The Morgan fingerprint density at radius 2 is 0.913 bits per heavy atom. The number of para-hydroxylation sites is 1. The third-order valence-corrected chi connectivity index (χ3v) is 10.7. The number of fused-ring (bicyclic) bond motifs is 13. The third-order valence-electron chi connectivity index (χ3n) is 10.7. The Labute approximate surface area is 267 Å². The minimum Gasteiger partial charge on any atom is -0.455 e. The predicted octanol–water partition coefficient (Wildman–Crippen LogP) is 11.8. The molecule has 0 fully saturated rings. The van der Waals surface area contributed by atoms with Crippen LogP contribution in [0.25, 0.3) is 66.1 Å². The monoisotopic (exact) mass is 582 g/mol. The van der Waals surface area contributed by atoms with Crippen molar-refractivity contribution in [3.8, 4) is 56.0 Å². The van der Waals surface area contributed by atoms with Crippen molar-refractivity contribution in [2.24, 2.45) is 0 Å². The zero-order valence-corrected chi connectivity index (χ0v) is 24.9. The maximum Gasteiger partial charge on any atom is 0.143 e. The van der Waals surface area contributed by atoms with Gasteiger partial charge < -0.3 is 4.74 Å². The van der Waals surface area contributed by atoms with Crippen molar-refractivity contribution in [3.63, 3.8) is 0 Å². The molecule has 212 valence electrons. The van der Waals surface area contributed by atoms with E-state index in [4.69, 9.17) is 4.74 Å². The Balaban J connectivity index is 1.18. The summed E-state index contributed by atoms with van der Waals surface area (Å²) < 4.78 is 6.75. The average molecular weight is 583 g/mol. The van der Waals surface area contributed by atoms with Crippen LogP contribution in [0.4, 0.5) is 0 Å². The minimum absolute atomic E-state index is 0.373. The Hall–Kier alpha value is -5.92. The predicted molar refractivity (Wildman–Crippen MR) is 189 cm³/mol. The number of rotatable bonds is 1. The molecule has 1 spiro atoms. The molecule has 0 amide bonds. The summed E-state index contributed by atoms with van der Waals surface area (Å²) in [6.07, 6.45) is 0. The highest BCUT2D eigenvalue weighted by molar-refractivity contribution is 6.06. The van der Waals surface area contributed by atoms with E-state index < -0.39 is 0 Å². The number of hydrogen-bond donors (Lipinski definition) is 0. The quantitative estimate of drug-likeness (QED) is 0.187. The van der Waals surface area contributed by atoms with Gasteiger partial charge in [-0.25, -0.2) is 0 Å². The highest BCUT2D eigenvalue weighted by Crippen LogP contribution is 2.63. The molecule has 3 aliphatic rings. The van der Waals surface area contributed by atoms with Crippen molar-refractivity contribution >= 4 is 21.5 Å². The molecule has 1 aliphatic heterocycles. The Bertz CT molecular complexity index is 2620. The molecule has 0 bridgehead atoms. The molecule has 1 heterocycles. The number of ether oxygens (including phenoxy) is 1. The van der Waals surface area contributed by atoms with E-state index in [9.17, 15) is 0 Å². The van der Waals surface area contributed by atoms with E-state index in [2.05, 4.69) is 158 Å². The molecule has 1 heteroatoms. The van der Waals surface area contributed by atoms with Crippen molar-refractivity contribution < 1.29 is 4.74 Å². The van der Waals surface area contributed by atoms with Crippen molar-refractivity contribution in [1.82, 2.24) is 0 Å². The number of benzene rings is 8. The van der Waals surface area contributed by atoms with Gasteiger partial charge in [0.05, 0.1) is 5.41 Å². The van der Waals surface area contributed by atoms with Gasteiger partial charge in [0.1, 0.15) is 11.5 Å². The smallest absolute Gasteiger partial charge is 0.143 e. The highest BCUT2D eigenvalue weighted by atomic mass is 16.5. The van der Waals surface area contributed by atoms with Crippen LogP contribution in [0.15, 0.2) is 158 Å². The van der Waals surface area contributed by atoms with Gasteiger partial charge in [0, 0.05) is 16.5 Å². The summed E-state index contributed by atoms with van der Waals surface area (Å²) in [5, 5.41) is 4.95. The maximum atomic E-state index is 6.75. The molecule has 0 saturated carbocycles. The Kier molecular flexibility index (Phi) is 4.57. The summed E-state index contributed by atoms with van der Waals surface area (Å²) in [6.45, 7) is 0.